The maximum atomic E-state index is 11.5. The number of carbonyl (C=O) groups excluding carboxylic acids is 3. The first kappa shape index (κ1) is 17.4. The zero-order valence-electron chi connectivity index (χ0n) is 12.8. The second-order valence-electron chi connectivity index (χ2n) is 4.75. The minimum Gasteiger partial charge on any atom is -0.496 e. The van der Waals surface area contributed by atoms with Gasteiger partial charge in [-0.05, 0) is 12.1 Å². The number of ether oxygens (including phenoxy) is 2. The molecule has 0 heterocycles. The first-order valence-electron chi connectivity index (χ1n) is 6.75. The Morgan fingerprint density at radius 3 is 2.55 bits per heavy atom. The second kappa shape index (κ2) is 8.61. The van der Waals surface area contributed by atoms with Crippen LogP contribution in [0, 0.1) is 5.92 Å². The van der Waals surface area contributed by atoms with Gasteiger partial charge in [-0.2, -0.15) is 0 Å². The predicted octanol–water partition coefficient (Wildman–Crippen LogP) is 1.55. The number of nitrogens with one attached hydrogen (secondary N) is 1. The van der Waals surface area contributed by atoms with Crippen LogP contribution in [0.4, 0.5) is 0 Å². The van der Waals surface area contributed by atoms with E-state index in [1.165, 1.54) is 19.3 Å². The van der Waals surface area contributed by atoms with Gasteiger partial charge in [0.05, 0.1) is 7.11 Å². The lowest BCUT2D eigenvalue weighted by molar-refractivity contribution is -0.145. The highest BCUT2D eigenvalue weighted by molar-refractivity contribution is 5.97. The van der Waals surface area contributed by atoms with E-state index in [1.54, 1.807) is 32.0 Å². The molecule has 0 fully saturated rings. The largest absolute Gasteiger partial charge is 0.496 e. The van der Waals surface area contributed by atoms with Crippen LogP contribution in [0.2, 0.25) is 0 Å². The molecule has 0 unspecified atom stereocenters. The highest BCUT2D eigenvalue weighted by atomic mass is 16.5. The monoisotopic (exact) mass is 305 g/mol. The van der Waals surface area contributed by atoms with E-state index in [1.807, 2.05) is 6.07 Å². The van der Waals surface area contributed by atoms with Crippen molar-refractivity contribution < 1.29 is 23.9 Å². The Kier molecular flexibility index (Phi) is 6.82. The van der Waals surface area contributed by atoms with Crippen molar-refractivity contribution in [2.45, 2.75) is 13.8 Å². The molecule has 0 spiro atoms. The zero-order chi connectivity index (χ0) is 16.5. The molecule has 0 bridgehead atoms. The van der Waals surface area contributed by atoms with Crippen molar-refractivity contribution in [2.75, 3.05) is 13.7 Å². The van der Waals surface area contributed by atoms with Crippen LogP contribution in [0.3, 0.4) is 0 Å². The van der Waals surface area contributed by atoms with E-state index in [2.05, 4.69) is 5.32 Å². The van der Waals surface area contributed by atoms with Gasteiger partial charge in [0.1, 0.15) is 5.75 Å². The number of benzene rings is 1. The van der Waals surface area contributed by atoms with Crippen molar-refractivity contribution in [3.63, 3.8) is 0 Å². The van der Waals surface area contributed by atoms with Gasteiger partial charge in [0.15, 0.2) is 6.61 Å². The molecule has 2 amide bonds. The first-order chi connectivity index (χ1) is 10.4. The summed E-state index contributed by atoms with van der Waals surface area (Å²) in [6, 6.07) is 7.15. The smallest absolute Gasteiger partial charge is 0.331 e. The highest BCUT2D eigenvalue weighted by Gasteiger charge is 2.12. The third-order valence-electron chi connectivity index (χ3n) is 2.67. The molecule has 0 aliphatic heterocycles. The van der Waals surface area contributed by atoms with Gasteiger partial charge in [-0.3, -0.25) is 14.9 Å². The maximum absolute atomic E-state index is 11.5. The van der Waals surface area contributed by atoms with E-state index < -0.39 is 24.4 Å². The summed E-state index contributed by atoms with van der Waals surface area (Å²) in [6.45, 7) is 2.81. The maximum Gasteiger partial charge on any atom is 0.331 e. The molecule has 0 saturated carbocycles. The minimum atomic E-state index is -0.682. The number of hydrogen-bond acceptors (Lipinski definition) is 5. The number of carbonyl (C=O) groups is 3. The number of rotatable bonds is 6. The third kappa shape index (κ3) is 5.78. The Hall–Kier alpha value is -2.63. The fraction of sp³-hybridized carbons (Fsp3) is 0.312. The molecule has 6 nitrogen and oxygen atoms in total. The second-order valence-corrected chi connectivity index (χ2v) is 4.75. The molecule has 22 heavy (non-hydrogen) atoms. The SMILES string of the molecule is COc1ccccc1C=CC(=O)OCC(=O)NC(=O)C(C)C. The van der Waals surface area contributed by atoms with Crippen LogP contribution in [0.1, 0.15) is 19.4 Å². The van der Waals surface area contributed by atoms with Gasteiger partial charge in [0, 0.05) is 17.6 Å². The predicted molar refractivity (Wildman–Crippen MR) is 81.0 cm³/mol. The number of para-hydroxylation sites is 1. The van der Waals surface area contributed by atoms with Crippen LogP contribution >= 0.6 is 0 Å². The zero-order valence-corrected chi connectivity index (χ0v) is 12.8. The molecular formula is C16H19NO5. The Balaban J connectivity index is 2.48. The average molecular weight is 305 g/mol. The number of amides is 2. The quantitative estimate of drug-likeness (QED) is 0.637. The van der Waals surface area contributed by atoms with E-state index in [0.717, 1.165) is 0 Å². The minimum absolute atomic E-state index is 0.315. The summed E-state index contributed by atoms with van der Waals surface area (Å²) in [5.74, 6) is -1.45. The molecule has 0 atom stereocenters. The summed E-state index contributed by atoms with van der Waals surface area (Å²) in [6.07, 6.45) is 2.72. The van der Waals surface area contributed by atoms with Crippen molar-refractivity contribution in [3.05, 3.63) is 35.9 Å². The van der Waals surface area contributed by atoms with Crippen LogP contribution in [0.5, 0.6) is 5.75 Å². The Labute approximate surface area is 129 Å². The number of imide groups is 1. The topological polar surface area (TPSA) is 81.7 Å². The molecule has 6 heteroatoms. The standard InChI is InChI=1S/C16H19NO5/c1-11(2)16(20)17-14(18)10-22-15(19)9-8-12-6-4-5-7-13(12)21-3/h4-9,11H,10H2,1-3H3,(H,17,18,20). The molecule has 1 N–H and O–H groups in total. The van der Waals surface area contributed by atoms with Crippen molar-refractivity contribution in [1.82, 2.24) is 5.32 Å². The average Bonchev–Trinajstić information content (AvgIpc) is 2.50. The van der Waals surface area contributed by atoms with E-state index in [9.17, 15) is 14.4 Å². The fourth-order valence-electron chi connectivity index (χ4n) is 1.46. The molecule has 0 radical (unpaired) electrons. The van der Waals surface area contributed by atoms with E-state index in [-0.39, 0.29) is 5.92 Å². The van der Waals surface area contributed by atoms with Crippen LogP contribution in [0.25, 0.3) is 6.08 Å². The number of hydrogen-bond donors (Lipinski definition) is 1. The van der Waals surface area contributed by atoms with Gasteiger partial charge in [-0.1, -0.05) is 32.0 Å². The lowest BCUT2D eigenvalue weighted by Crippen LogP contribution is -2.36. The molecule has 118 valence electrons. The van der Waals surface area contributed by atoms with Crippen molar-refractivity contribution in [1.29, 1.82) is 0 Å². The molecule has 0 aliphatic carbocycles. The lowest BCUT2D eigenvalue weighted by atomic mass is 10.2. The van der Waals surface area contributed by atoms with Crippen LogP contribution in [-0.2, 0) is 19.1 Å². The van der Waals surface area contributed by atoms with Gasteiger partial charge in [-0.25, -0.2) is 4.79 Å². The highest BCUT2D eigenvalue weighted by Crippen LogP contribution is 2.18. The van der Waals surface area contributed by atoms with Crippen molar-refractivity contribution >= 4 is 23.9 Å². The molecule has 0 saturated heterocycles. The summed E-state index contributed by atoms with van der Waals surface area (Å²) in [7, 11) is 1.53. The summed E-state index contributed by atoms with van der Waals surface area (Å²) >= 11 is 0. The van der Waals surface area contributed by atoms with Gasteiger partial charge >= 0.3 is 5.97 Å². The van der Waals surface area contributed by atoms with E-state index >= 15 is 0 Å². The molecule has 1 rings (SSSR count). The summed E-state index contributed by atoms with van der Waals surface area (Å²) in [5.41, 5.74) is 0.710. The Bertz CT molecular complexity index is 578. The van der Waals surface area contributed by atoms with Gasteiger partial charge in [0.25, 0.3) is 5.91 Å². The number of esters is 1. The van der Waals surface area contributed by atoms with Crippen molar-refractivity contribution in [3.8, 4) is 5.75 Å². The Morgan fingerprint density at radius 2 is 1.91 bits per heavy atom. The summed E-state index contributed by atoms with van der Waals surface area (Å²) < 4.78 is 9.89. The van der Waals surface area contributed by atoms with Gasteiger partial charge in [0.2, 0.25) is 5.91 Å². The van der Waals surface area contributed by atoms with Crippen molar-refractivity contribution in [2.24, 2.45) is 5.92 Å². The molecule has 0 aromatic heterocycles. The fourth-order valence-corrected chi connectivity index (χ4v) is 1.46. The Morgan fingerprint density at radius 1 is 1.23 bits per heavy atom. The van der Waals surface area contributed by atoms with E-state index in [0.29, 0.717) is 11.3 Å². The summed E-state index contributed by atoms with van der Waals surface area (Å²) in [4.78, 5) is 34.2. The lowest BCUT2D eigenvalue weighted by Gasteiger charge is -2.06. The molecular weight excluding hydrogens is 286 g/mol. The third-order valence-corrected chi connectivity index (χ3v) is 2.67. The molecule has 1 aromatic rings. The van der Waals surface area contributed by atoms with Crippen LogP contribution in [-0.4, -0.2) is 31.5 Å². The first-order valence-corrected chi connectivity index (χ1v) is 6.75. The van der Waals surface area contributed by atoms with Gasteiger partial charge in [-0.15, -0.1) is 0 Å². The normalized spacial score (nSPS) is 10.5. The van der Waals surface area contributed by atoms with E-state index in [4.69, 9.17) is 9.47 Å². The van der Waals surface area contributed by atoms with Gasteiger partial charge < -0.3 is 9.47 Å². The molecule has 0 aliphatic rings. The number of methoxy groups -OCH3 is 1. The van der Waals surface area contributed by atoms with Crippen LogP contribution in [0.15, 0.2) is 30.3 Å². The molecule has 1 aromatic carbocycles. The van der Waals surface area contributed by atoms with Crippen LogP contribution < -0.4 is 10.1 Å². The summed E-state index contributed by atoms with van der Waals surface area (Å²) in [5, 5.41) is 2.13.